The van der Waals surface area contributed by atoms with Gasteiger partial charge in [0, 0.05) is 31.8 Å². The van der Waals surface area contributed by atoms with Crippen molar-refractivity contribution in [1.82, 2.24) is 10.2 Å². The summed E-state index contributed by atoms with van der Waals surface area (Å²) >= 11 is 0. The molecule has 1 saturated heterocycles. The number of rotatable bonds is 6. The van der Waals surface area contributed by atoms with Crippen LogP contribution in [0.4, 0.5) is 0 Å². The van der Waals surface area contributed by atoms with Crippen molar-refractivity contribution in [3.8, 4) is 0 Å². The first-order valence-corrected chi connectivity index (χ1v) is 6.87. The first kappa shape index (κ1) is 13.6. The van der Waals surface area contributed by atoms with Crippen LogP contribution in [0, 0.1) is 0 Å². The summed E-state index contributed by atoms with van der Waals surface area (Å²) in [5.41, 5.74) is 1.27. The molecule has 2 rings (SSSR count). The number of furan rings is 1. The monoisotopic (exact) mass is 252 g/mol. The molecule has 102 valence electrons. The van der Waals surface area contributed by atoms with Crippen LogP contribution in [0.2, 0.25) is 0 Å². The SMILES string of the molecule is CCOC1CCN(Cc2occc2CNC)CC1. The van der Waals surface area contributed by atoms with Crippen LogP contribution in [0.15, 0.2) is 16.7 Å². The van der Waals surface area contributed by atoms with Crippen molar-refractivity contribution in [3.63, 3.8) is 0 Å². The smallest absolute Gasteiger partial charge is 0.122 e. The molecule has 1 aromatic heterocycles. The lowest BCUT2D eigenvalue weighted by molar-refractivity contribution is 0.0111. The van der Waals surface area contributed by atoms with Gasteiger partial charge in [0.25, 0.3) is 0 Å². The highest BCUT2D eigenvalue weighted by Crippen LogP contribution is 2.18. The maximum absolute atomic E-state index is 5.67. The van der Waals surface area contributed by atoms with Gasteiger partial charge < -0.3 is 14.5 Å². The second-order valence-corrected chi connectivity index (χ2v) is 4.83. The minimum Gasteiger partial charge on any atom is -0.468 e. The van der Waals surface area contributed by atoms with E-state index in [4.69, 9.17) is 9.15 Å². The number of likely N-dealkylation sites (tertiary alicyclic amines) is 1. The van der Waals surface area contributed by atoms with Crippen LogP contribution < -0.4 is 5.32 Å². The lowest BCUT2D eigenvalue weighted by Crippen LogP contribution is -2.36. The number of nitrogens with zero attached hydrogens (tertiary/aromatic N) is 1. The van der Waals surface area contributed by atoms with Crippen LogP contribution in [0.3, 0.4) is 0 Å². The van der Waals surface area contributed by atoms with E-state index < -0.39 is 0 Å². The second kappa shape index (κ2) is 6.92. The lowest BCUT2D eigenvalue weighted by atomic mass is 10.1. The Bertz CT molecular complexity index is 343. The van der Waals surface area contributed by atoms with Gasteiger partial charge in [0.1, 0.15) is 5.76 Å². The van der Waals surface area contributed by atoms with Gasteiger partial charge in [-0.25, -0.2) is 0 Å². The predicted molar refractivity (Wildman–Crippen MR) is 71.4 cm³/mol. The molecular weight excluding hydrogens is 228 g/mol. The third kappa shape index (κ3) is 3.57. The first-order chi connectivity index (χ1) is 8.83. The van der Waals surface area contributed by atoms with E-state index in [9.17, 15) is 0 Å². The molecule has 0 spiro atoms. The zero-order chi connectivity index (χ0) is 12.8. The average molecular weight is 252 g/mol. The third-order valence-corrected chi connectivity index (χ3v) is 3.51. The largest absolute Gasteiger partial charge is 0.468 e. The number of ether oxygens (including phenoxy) is 1. The average Bonchev–Trinajstić information content (AvgIpc) is 2.80. The highest BCUT2D eigenvalue weighted by Gasteiger charge is 2.20. The van der Waals surface area contributed by atoms with Gasteiger partial charge in [-0.3, -0.25) is 4.90 Å². The van der Waals surface area contributed by atoms with Crippen LogP contribution in [-0.4, -0.2) is 37.7 Å². The number of hydrogen-bond donors (Lipinski definition) is 1. The standard InChI is InChI=1S/C14H24N2O2/c1-3-17-13-4-7-16(8-5-13)11-14-12(10-15-2)6-9-18-14/h6,9,13,15H,3-5,7-8,10-11H2,1-2H3. The quantitative estimate of drug-likeness (QED) is 0.840. The summed E-state index contributed by atoms with van der Waals surface area (Å²) in [4.78, 5) is 2.45. The maximum Gasteiger partial charge on any atom is 0.122 e. The van der Waals surface area contributed by atoms with Crippen LogP contribution in [0.5, 0.6) is 0 Å². The Morgan fingerprint density at radius 2 is 2.22 bits per heavy atom. The molecular formula is C14H24N2O2. The Labute approximate surface area is 109 Å². The molecule has 2 heterocycles. The molecule has 4 heteroatoms. The fraction of sp³-hybridized carbons (Fsp3) is 0.714. The summed E-state index contributed by atoms with van der Waals surface area (Å²) in [5, 5.41) is 3.17. The van der Waals surface area contributed by atoms with Crippen molar-refractivity contribution < 1.29 is 9.15 Å². The number of nitrogens with one attached hydrogen (secondary N) is 1. The van der Waals surface area contributed by atoms with Crippen molar-refractivity contribution in [2.24, 2.45) is 0 Å². The molecule has 1 aliphatic rings. The molecule has 0 unspecified atom stereocenters. The Morgan fingerprint density at radius 1 is 1.44 bits per heavy atom. The van der Waals surface area contributed by atoms with E-state index in [2.05, 4.69) is 23.2 Å². The highest BCUT2D eigenvalue weighted by atomic mass is 16.5. The van der Waals surface area contributed by atoms with Crippen LogP contribution in [0.25, 0.3) is 0 Å². The van der Waals surface area contributed by atoms with Crippen LogP contribution in [0.1, 0.15) is 31.1 Å². The molecule has 4 nitrogen and oxygen atoms in total. The molecule has 18 heavy (non-hydrogen) atoms. The molecule has 0 aliphatic carbocycles. The van der Waals surface area contributed by atoms with Crippen molar-refractivity contribution >= 4 is 0 Å². The minimum absolute atomic E-state index is 0.458. The highest BCUT2D eigenvalue weighted by molar-refractivity contribution is 5.16. The van der Waals surface area contributed by atoms with E-state index in [-0.39, 0.29) is 0 Å². The summed E-state index contributed by atoms with van der Waals surface area (Å²) in [5.74, 6) is 1.10. The molecule has 1 N–H and O–H groups in total. The Kier molecular flexibility index (Phi) is 5.23. The molecule has 0 amide bonds. The number of piperidine rings is 1. The van der Waals surface area contributed by atoms with Gasteiger partial charge in [-0.2, -0.15) is 0 Å². The number of hydrogen-bond acceptors (Lipinski definition) is 4. The maximum atomic E-state index is 5.67. The molecule has 1 aliphatic heterocycles. The second-order valence-electron chi connectivity index (χ2n) is 4.83. The molecule has 0 aromatic carbocycles. The first-order valence-electron chi connectivity index (χ1n) is 6.87. The van der Waals surface area contributed by atoms with Gasteiger partial charge in [-0.05, 0) is 32.9 Å². The topological polar surface area (TPSA) is 37.6 Å². The van der Waals surface area contributed by atoms with Gasteiger partial charge in [0.2, 0.25) is 0 Å². The Balaban J connectivity index is 1.82. The van der Waals surface area contributed by atoms with Crippen molar-refractivity contribution in [3.05, 3.63) is 23.7 Å². The Hall–Kier alpha value is -0.840. The van der Waals surface area contributed by atoms with Crippen LogP contribution in [-0.2, 0) is 17.8 Å². The fourth-order valence-corrected chi connectivity index (χ4v) is 2.53. The van der Waals surface area contributed by atoms with Crippen molar-refractivity contribution in [1.29, 1.82) is 0 Å². The zero-order valence-corrected chi connectivity index (χ0v) is 11.4. The van der Waals surface area contributed by atoms with Gasteiger partial charge in [0.05, 0.1) is 18.9 Å². The molecule has 0 atom stereocenters. The summed E-state index contributed by atoms with van der Waals surface area (Å²) in [7, 11) is 1.96. The summed E-state index contributed by atoms with van der Waals surface area (Å²) in [6, 6.07) is 2.05. The van der Waals surface area contributed by atoms with Gasteiger partial charge in [0.15, 0.2) is 0 Å². The van der Waals surface area contributed by atoms with Gasteiger partial charge in [-0.1, -0.05) is 0 Å². The normalized spacial score (nSPS) is 18.3. The van der Waals surface area contributed by atoms with Crippen molar-refractivity contribution in [2.45, 2.75) is 39.0 Å². The molecule has 1 fully saturated rings. The summed E-state index contributed by atoms with van der Waals surface area (Å²) in [6.45, 7) is 6.90. The van der Waals surface area contributed by atoms with Crippen molar-refractivity contribution in [2.75, 3.05) is 26.7 Å². The third-order valence-electron chi connectivity index (χ3n) is 3.51. The van der Waals surface area contributed by atoms with Gasteiger partial charge >= 0.3 is 0 Å². The lowest BCUT2D eigenvalue weighted by Gasteiger charge is -2.31. The Morgan fingerprint density at radius 3 is 2.89 bits per heavy atom. The van der Waals surface area contributed by atoms with E-state index >= 15 is 0 Å². The van der Waals surface area contributed by atoms with E-state index in [1.807, 2.05) is 7.05 Å². The minimum atomic E-state index is 0.458. The fourth-order valence-electron chi connectivity index (χ4n) is 2.53. The summed E-state index contributed by atoms with van der Waals surface area (Å²) < 4.78 is 11.2. The van der Waals surface area contributed by atoms with E-state index in [1.54, 1.807) is 6.26 Å². The van der Waals surface area contributed by atoms with E-state index in [0.717, 1.165) is 51.4 Å². The zero-order valence-electron chi connectivity index (χ0n) is 11.4. The van der Waals surface area contributed by atoms with E-state index in [0.29, 0.717) is 6.10 Å². The molecule has 0 radical (unpaired) electrons. The van der Waals surface area contributed by atoms with Crippen LogP contribution >= 0.6 is 0 Å². The molecule has 1 aromatic rings. The van der Waals surface area contributed by atoms with Gasteiger partial charge in [-0.15, -0.1) is 0 Å². The molecule has 0 saturated carbocycles. The summed E-state index contributed by atoms with van der Waals surface area (Å²) in [6.07, 6.45) is 4.51. The predicted octanol–water partition coefficient (Wildman–Crippen LogP) is 2.00. The molecule has 0 bridgehead atoms. The van der Waals surface area contributed by atoms with E-state index in [1.165, 1.54) is 5.56 Å².